The molecule has 1 aliphatic heterocycles. The van der Waals surface area contributed by atoms with Crippen molar-refractivity contribution in [1.82, 2.24) is 4.72 Å². The van der Waals surface area contributed by atoms with Gasteiger partial charge in [0.1, 0.15) is 10.6 Å². The van der Waals surface area contributed by atoms with Crippen molar-refractivity contribution in [1.29, 1.82) is 0 Å². The van der Waals surface area contributed by atoms with Crippen molar-refractivity contribution in [3.63, 3.8) is 0 Å². The highest BCUT2D eigenvalue weighted by Gasteiger charge is 2.35. The maximum absolute atomic E-state index is 12.5. The number of nitrogens with zero attached hydrogens (tertiary/aromatic N) is 2. The number of anilines is 1. The van der Waals surface area contributed by atoms with Crippen molar-refractivity contribution in [2.75, 3.05) is 5.01 Å². The monoisotopic (exact) mass is 379 g/mol. The molecule has 0 spiro atoms. The van der Waals surface area contributed by atoms with E-state index in [2.05, 4.69) is 9.84 Å². The summed E-state index contributed by atoms with van der Waals surface area (Å²) in [4.78, 5) is 21.9. The van der Waals surface area contributed by atoms with Crippen LogP contribution in [0.2, 0.25) is 0 Å². The summed E-state index contributed by atoms with van der Waals surface area (Å²) in [6.45, 7) is 2.44. The first-order chi connectivity index (χ1) is 11.4. The maximum atomic E-state index is 12.5. The number of hydrogen-bond acceptors (Lipinski definition) is 6. The highest BCUT2D eigenvalue weighted by molar-refractivity contribution is 7.90. The molecule has 1 heterocycles. The average Bonchev–Trinajstić information content (AvgIpc) is 2.74. The van der Waals surface area contributed by atoms with Gasteiger partial charge in [-0.05, 0) is 25.1 Å². The van der Waals surface area contributed by atoms with E-state index in [1.807, 2.05) is 0 Å². The molecule has 12 heteroatoms. The Labute approximate surface area is 140 Å². The van der Waals surface area contributed by atoms with Crippen molar-refractivity contribution in [3.8, 4) is 5.75 Å². The molecule has 0 fully saturated rings. The molecule has 0 radical (unpaired) electrons. The number of sulfonamides is 1. The normalized spacial score (nSPS) is 15.2. The molecule has 2 rings (SSSR count). The fraction of sp³-hybridized carbons (Fsp3) is 0.308. The first-order valence-electron chi connectivity index (χ1n) is 6.69. The Balaban J connectivity index is 2.57. The summed E-state index contributed by atoms with van der Waals surface area (Å²) >= 11 is 0. The van der Waals surface area contributed by atoms with Gasteiger partial charge < -0.3 is 4.74 Å². The number of hydrogen-bond donors (Lipinski definition) is 1. The van der Waals surface area contributed by atoms with E-state index in [-0.39, 0.29) is 12.1 Å². The van der Waals surface area contributed by atoms with Gasteiger partial charge in [-0.15, -0.1) is 13.2 Å². The number of halogens is 3. The molecule has 136 valence electrons. The third kappa shape index (κ3) is 4.47. The molecule has 1 aromatic rings. The molecule has 0 unspecified atom stereocenters. The number of hydrazone groups is 1. The second-order valence-electron chi connectivity index (χ2n) is 5.06. The highest BCUT2D eigenvalue weighted by Crippen LogP contribution is 2.34. The molecule has 0 atom stereocenters. The van der Waals surface area contributed by atoms with E-state index in [0.29, 0.717) is 5.71 Å². The molecule has 0 aliphatic carbocycles. The number of benzene rings is 1. The van der Waals surface area contributed by atoms with E-state index in [9.17, 15) is 31.2 Å². The van der Waals surface area contributed by atoms with Gasteiger partial charge in [-0.3, -0.25) is 9.59 Å². The number of carbonyl (C=O) groups excluding carboxylic acids is 2. The van der Waals surface area contributed by atoms with Crippen LogP contribution in [0.5, 0.6) is 5.75 Å². The van der Waals surface area contributed by atoms with Gasteiger partial charge >= 0.3 is 6.36 Å². The van der Waals surface area contributed by atoms with Crippen LogP contribution in [0.4, 0.5) is 18.9 Å². The number of alkyl halides is 3. The Morgan fingerprint density at radius 2 is 2.00 bits per heavy atom. The van der Waals surface area contributed by atoms with E-state index in [0.717, 1.165) is 30.1 Å². The average molecular weight is 379 g/mol. The van der Waals surface area contributed by atoms with Crippen molar-refractivity contribution < 1.29 is 35.9 Å². The van der Waals surface area contributed by atoms with Crippen LogP contribution in [0.25, 0.3) is 0 Å². The quantitative estimate of drug-likeness (QED) is 0.854. The third-order valence-corrected chi connectivity index (χ3v) is 4.33. The Hall–Kier alpha value is -2.63. The minimum Gasteiger partial charge on any atom is -0.404 e. The van der Waals surface area contributed by atoms with Crippen LogP contribution in [0, 0.1) is 0 Å². The Kier molecular flexibility index (Phi) is 4.75. The van der Waals surface area contributed by atoms with Crippen LogP contribution >= 0.6 is 0 Å². The lowest BCUT2D eigenvalue weighted by atomic mass is 10.2. The topological polar surface area (TPSA) is 105 Å². The van der Waals surface area contributed by atoms with Crippen LogP contribution in [-0.4, -0.2) is 32.3 Å². The van der Waals surface area contributed by atoms with E-state index in [1.165, 1.54) is 0 Å². The minimum absolute atomic E-state index is 0.00538. The van der Waals surface area contributed by atoms with Gasteiger partial charge in [0.2, 0.25) is 5.91 Å². The fourth-order valence-electron chi connectivity index (χ4n) is 2.05. The van der Waals surface area contributed by atoms with Crippen molar-refractivity contribution in [2.24, 2.45) is 5.10 Å². The SMILES string of the molecule is CC(=O)NS(=O)(=O)c1cc(N2N=C(C)CC2=O)ccc1OC(F)(F)F. The number of rotatable bonds is 4. The summed E-state index contributed by atoms with van der Waals surface area (Å²) in [5.74, 6) is -2.53. The number of ether oxygens (including phenoxy) is 1. The Bertz CT molecular complexity index is 864. The van der Waals surface area contributed by atoms with Crippen LogP contribution < -0.4 is 14.5 Å². The Morgan fingerprint density at radius 3 is 2.48 bits per heavy atom. The van der Waals surface area contributed by atoms with Gasteiger partial charge in [-0.2, -0.15) is 5.10 Å². The van der Waals surface area contributed by atoms with Crippen LogP contribution in [0.3, 0.4) is 0 Å². The molecule has 1 aromatic carbocycles. The molecule has 0 saturated heterocycles. The molecule has 1 N–H and O–H groups in total. The van der Waals surface area contributed by atoms with Crippen LogP contribution in [-0.2, 0) is 19.6 Å². The number of amides is 2. The van der Waals surface area contributed by atoms with Gasteiger partial charge in [0.15, 0.2) is 0 Å². The van der Waals surface area contributed by atoms with Crippen molar-refractivity contribution in [3.05, 3.63) is 18.2 Å². The lowest BCUT2D eigenvalue weighted by molar-refractivity contribution is -0.275. The predicted octanol–water partition coefficient (Wildman–Crippen LogP) is 1.52. The summed E-state index contributed by atoms with van der Waals surface area (Å²) in [7, 11) is -4.66. The molecule has 0 saturated carbocycles. The zero-order chi connectivity index (χ0) is 19.0. The zero-order valence-corrected chi connectivity index (χ0v) is 13.7. The summed E-state index contributed by atoms with van der Waals surface area (Å²) in [5, 5.41) is 4.74. The Morgan fingerprint density at radius 1 is 1.36 bits per heavy atom. The second kappa shape index (κ2) is 6.35. The van der Waals surface area contributed by atoms with E-state index in [1.54, 1.807) is 11.6 Å². The summed E-state index contributed by atoms with van der Waals surface area (Å²) in [6.07, 6.45) is -5.16. The van der Waals surface area contributed by atoms with E-state index in [4.69, 9.17) is 0 Å². The first kappa shape index (κ1) is 18.7. The maximum Gasteiger partial charge on any atom is 0.573 e. The number of carbonyl (C=O) groups is 2. The van der Waals surface area contributed by atoms with Crippen LogP contribution in [0.1, 0.15) is 20.3 Å². The summed E-state index contributed by atoms with van der Waals surface area (Å²) in [6, 6.07) is 2.55. The molecule has 0 bridgehead atoms. The van der Waals surface area contributed by atoms with Gasteiger partial charge in [0.05, 0.1) is 12.1 Å². The minimum atomic E-state index is -5.15. The van der Waals surface area contributed by atoms with Crippen molar-refractivity contribution in [2.45, 2.75) is 31.5 Å². The molecule has 2 amide bonds. The van der Waals surface area contributed by atoms with Crippen LogP contribution in [0.15, 0.2) is 28.2 Å². The van der Waals surface area contributed by atoms with E-state index < -0.39 is 38.8 Å². The number of nitrogens with one attached hydrogen (secondary N) is 1. The highest BCUT2D eigenvalue weighted by atomic mass is 32.2. The van der Waals surface area contributed by atoms with Crippen molar-refractivity contribution >= 4 is 33.2 Å². The first-order valence-corrected chi connectivity index (χ1v) is 8.17. The summed E-state index contributed by atoms with van der Waals surface area (Å²) < 4.78 is 67.0. The standard InChI is InChI=1S/C13H12F3N3O5S/c1-7-5-12(21)19(17-7)9-3-4-10(24-13(14,15)16)11(6-9)25(22,23)18-8(2)20/h3-4,6H,5H2,1-2H3,(H,18,20). The van der Waals surface area contributed by atoms with E-state index >= 15 is 0 Å². The smallest absolute Gasteiger partial charge is 0.404 e. The molecule has 1 aliphatic rings. The van der Waals surface area contributed by atoms with Gasteiger partial charge in [-0.1, -0.05) is 0 Å². The van der Waals surface area contributed by atoms with Gasteiger partial charge in [0, 0.05) is 12.6 Å². The summed E-state index contributed by atoms with van der Waals surface area (Å²) in [5.41, 5.74) is 0.368. The van der Waals surface area contributed by atoms with Gasteiger partial charge in [0.25, 0.3) is 15.9 Å². The lowest BCUT2D eigenvalue weighted by Crippen LogP contribution is -2.30. The third-order valence-electron chi connectivity index (χ3n) is 2.88. The molecule has 25 heavy (non-hydrogen) atoms. The molecular weight excluding hydrogens is 367 g/mol. The zero-order valence-electron chi connectivity index (χ0n) is 12.9. The molecular formula is C13H12F3N3O5S. The largest absolute Gasteiger partial charge is 0.573 e. The fourth-order valence-corrected chi connectivity index (χ4v) is 3.19. The molecule has 8 nitrogen and oxygen atoms in total. The van der Waals surface area contributed by atoms with Gasteiger partial charge in [-0.25, -0.2) is 18.1 Å². The molecule has 0 aromatic heterocycles. The second-order valence-corrected chi connectivity index (χ2v) is 6.71. The lowest BCUT2D eigenvalue weighted by Gasteiger charge is -2.17. The predicted molar refractivity (Wildman–Crippen MR) is 79.3 cm³/mol.